The summed E-state index contributed by atoms with van der Waals surface area (Å²) in [4.78, 5) is 40.9. The minimum Gasteiger partial charge on any atom is -0.480 e. The fourth-order valence-corrected chi connectivity index (χ4v) is 4.23. The summed E-state index contributed by atoms with van der Waals surface area (Å²) in [6.45, 7) is 2.43. The number of aliphatic imine (C=N–C) groups is 1. The van der Waals surface area contributed by atoms with Crippen molar-refractivity contribution in [2.24, 2.45) is 4.99 Å². The number of Topliss-reactive ketones (excluding diaryl/α,β-unsaturated/α-hetero) is 1. The first kappa shape index (κ1) is 26.5. The van der Waals surface area contributed by atoms with Gasteiger partial charge in [-0.2, -0.15) is 0 Å². The number of ketones is 1. The van der Waals surface area contributed by atoms with Crippen molar-refractivity contribution in [2.45, 2.75) is 38.1 Å². The van der Waals surface area contributed by atoms with Crippen molar-refractivity contribution in [1.29, 1.82) is 0 Å². The van der Waals surface area contributed by atoms with E-state index in [0.29, 0.717) is 18.4 Å². The van der Waals surface area contributed by atoms with Crippen molar-refractivity contribution in [3.63, 3.8) is 0 Å². The second-order valence-electron chi connectivity index (χ2n) is 8.24. The smallest absolute Gasteiger partial charge is 0.326 e. The Labute approximate surface area is 214 Å². The molecule has 8 nitrogen and oxygen atoms in total. The second-order valence-corrected chi connectivity index (χ2v) is 9.05. The molecule has 1 amide bonds. The highest BCUT2D eigenvalue weighted by atomic mass is 35.5. The van der Waals surface area contributed by atoms with Gasteiger partial charge in [0.05, 0.1) is 22.2 Å². The lowest BCUT2D eigenvalue weighted by Crippen LogP contribution is -2.42. The number of benzene rings is 2. The van der Waals surface area contributed by atoms with Crippen molar-refractivity contribution >= 4 is 46.8 Å². The van der Waals surface area contributed by atoms with Gasteiger partial charge in [-0.3, -0.25) is 14.6 Å². The van der Waals surface area contributed by atoms with Gasteiger partial charge in [-0.25, -0.2) is 4.79 Å². The molecule has 2 aromatic carbocycles. The number of amides is 1. The number of carbonyl (C=O) groups excluding carboxylic acids is 2. The number of carbonyl (C=O) groups is 3. The van der Waals surface area contributed by atoms with E-state index in [9.17, 15) is 19.5 Å². The number of aliphatic carboxylic acids is 1. The first-order valence-corrected chi connectivity index (χ1v) is 12.2. The topological polar surface area (TPSA) is 120 Å². The van der Waals surface area contributed by atoms with Crippen LogP contribution in [0.25, 0.3) is 0 Å². The van der Waals surface area contributed by atoms with Crippen LogP contribution in [-0.4, -0.2) is 54.4 Å². The summed E-state index contributed by atoms with van der Waals surface area (Å²) in [5.41, 5.74) is 1.62. The van der Waals surface area contributed by atoms with Gasteiger partial charge in [0.1, 0.15) is 11.8 Å². The molecule has 186 valence electrons. The van der Waals surface area contributed by atoms with Crippen molar-refractivity contribution in [3.05, 3.63) is 69.2 Å². The van der Waals surface area contributed by atoms with Gasteiger partial charge in [-0.1, -0.05) is 53.5 Å². The van der Waals surface area contributed by atoms with Gasteiger partial charge in [0.15, 0.2) is 5.96 Å². The minimum absolute atomic E-state index is 0.0377. The van der Waals surface area contributed by atoms with Gasteiger partial charge in [0.2, 0.25) is 0 Å². The van der Waals surface area contributed by atoms with E-state index in [1.54, 1.807) is 18.2 Å². The average Bonchev–Trinajstić information content (AvgIpc) is 3.33. The molecular formula is C25H28Cl2N4O4. The highest BCUT2D eigenvalue weighted by molar-refractivity contribution is 6.39. The Morgan fingerprint density at radius 3 is 2.34 bits per heavy atom. The fraction of sp³-hybridized carbons (Fsp3) is 0.360. The van der Waals surface area contributed by atoms with E-state index in [1.807, 2.05) is 12.1 Å². The van der Waals surface area contributed by atoms with Gasteiger partial charge in [-0.05, 0) is 36.1 Å². The zero-order valence-electron chi connectivity index (χ0n) is 19.2. The maximum Gasteiger partial charge on any atom is 0.326 e. The molecule has 2 aromatic rings. The van der Waals surface area contributed by atoms with Crippen molar-refractivity contribution in [2.75, 3.05) is 19.6 Å². The number of carboxylic acid groups (broad SMARTS) is 1. The Morgan fingerprint density at radius 1 is 1.03 bits per heavy atom. The average molecular weight is 519 g/mol. The minimum atomic E-state index is -1.17. The number of halogens is 2. The number of guanidine groups is 1. The Hall–Kier alpha value is -3.10. The Bertz CT molecular complexity index is 1070. The fourth-order valence-electron chi connectivity index (χ4n) is 3.66. The Morgan fingerprint density at radius 2 is 1.71 bits per heavy atom. The predicted molar refractivity (Wildman–Crippen MR) is 136 cm³/mol. The van der Waals surface area contributed by atoms with Crippen LogP contribution >= 0.6 is 23.2 Å². The summed E-state index contributed by atoms with van der Waals surface area (Å²) in [5, 5.41) is 18.7. The van der Waals surface area contributed by atoms with E-state index in [-0.39, 0.29) is 27.8 Å². The van der Waals surface area contributed by atoms with Gasteiger partial charge in [0.25, 0.3) is 5.91 Å². The molecule has 0 unspecified atom stereocenters. The van der Waals surface area contributed by atoms with E-state index in [2.05, 4.69) is 20.9 Å². The number of nitrogens with one attached hydrogen (secondary N) is 3. The molecule has 0 bridgehead atoms. The molecule has 0 aliphatic carbocycles. The van der Waals surface area contributed by atoms with Crippen molar-refractivity contribution in [3.8, 4) is 0 Å². The van der Waals surface area contributed by atoms with Crippen LogP contribution in [0.4, 0.5) is 0 Å². The summed E-state index contributed by atoms with van der Waals surface area (Å²) >= 11 is 12.1. The normalized spacial score (nSPS) is 13.5. The lowest BCUT2D eigenvalue weighted by molar-refractivity contribution is -0.139. The third-order valence-corrected chi connectivity index (χ3v) is 6.14. The van der Waals surface area contributed by atoms with Crippen LogP contribution < -0.4 is 16.0 Å². The third-order valence-electron chi connectivity index (χ3n) is 5.51. The summed E-state index contributed by atoms with van der Waals surface area (Å²) in [6.07, 6.45) is 2.58. The molecule has 1 aliphatic rings. The predicted octanol–water partition coefficient (Wildman–Crippen LogP) is 3.25. The summed E-state index contributed by atoms with van der Waals surface area (Å²) in [7, 11) is 0. The first-order valence-electron chi connectivity index (χ1n) is 11.4. The van der Waals surface area contributed by atoms with Crippen molar-refractivity contribution in [1.82, 2.24) is 16.0 Å². The molecule has 0 aromatic heterocycles. The van der Waals surface area contributed by atoms with Gasteiger partial charge >= 0.3 is 5.97 Å². The molecule has 1 atom stereocenters. The molecule has 3 rings (SSSR count). The van der Waals surface area contributed by atoms with E-state index in [1.165, 1.54) is 12.1 Å². The molecule has 35 heavy (non-hydrogen) atoms. The van der Waals surface area contributed by atoms with Crippen LogP contribution in [0.3, 0.4) is 0 Å². The molecule has 0 spiro atoms. The lowest BCUT2D eigenvalue weighted by atomic mass is 10.0. The number of carboxylic acids is 1. The van der Waals surface area contributed by atoms with Crippen LogP contribution in [0, 0.1) is 0 Å². The second kappa shape index (κ2) is 13.1. The van der Waals surface area contributed by atoms with Crippen LogP contribution in [-0.2, 0) is 22.4 Å². The SMILES string of the molecule is O=C(CCCCNC1=NCCN1)Cc1ccc(C[C@H](NC(=O)c2c(Cl)cccc2Cl)C(=O)O)cc1. The first-order chi connectivity index (χ1) is 16.8. The molecule has 1 heterocycles. The zero-order chi connectivity index (χ0) is 25.2. The van der Waals surface area contributed by atoms with E-state index in [0.717, 1.165) is 44.0 Å². The number of nitrogens with zero attached hydrogens (tertiary/aromatic N) is 1. The van der Waals surface area contributed by atoms with Crippen LogP contribution in [0.5, 0.6) is 0 Å². The molecule has 0 saturated carbocycles. The molecule has 0 fully saturated rings. The van der Waals surface area contributed by atoms with E-state index >= 15 is 0 Å². The highest BCUT2D eigenvalue weighted by Gasteiger charge is 2.23. The summed E-state index contributed by atoms with van der Waals surface area (Å²) < 4.78 is 0. The molecule has 0 radical (unpaired) electrons. The Kier molecular flexibility index (Phi) is 9.93. The summed E-state index contributed by atoms with van der Waals surface area (Å²) in [6, 6.07) is 10.6. The van der Waals surface area contributed by atoms with Crippen LogP contribution in [0.15, 0.2) is 47.5 Å². The largest absolute Gasteiger partial charge is 0.480 e. The zero-order valence-corrected chi connectivity index (χ0v) is 20.7. The number of rotatable bonds is 12. The number of hydrogen-bond donors (Lipinski definition) is 4. The maximum atomic E-state index is 12.6. The number of unbranched alkanes of at least 4 members (excludes halogenated alkanes) is 1. The van der Waals surface area contributed by atoms with Gasteiger partial charge in [0, 0.05) is 32.4 Å². The highest BCUT2D eigenvalue weighted by Crippen LogP contribution is 2.24. The van der Waals surface area contributed by atoms with Crippen LogP contribution in [0.2, 0.25) is 10.0 Å². The molecular weight excluding hydrogens is 491 g/mol. The quantitative estimate of drug-likeness (QED) is 0.320. The Balaban J connectivity index is 1.46. The third kappa shape index (κ3) is 8.26. The maximum absolute atomic E-state index is 12.6. The standard InChI is InChI=1S/C25H28Cl2N4O4/c26-19-5-3-6-20(27)22(19)23(33)31-21(24(34)35)15-17-9-7-16(8-10-17)14-18(32)4-1-2-11-28-25-29-12-13-30-25/h3,5-10,21H,1-2,4,11-15H2,(H,31,33)(H,34,35)(H2,28,29,30)/t21-/m0/s1. The molecule has 0 saturated heterocycles. The number of hydrogen-bond acceptors (Lipinski definition) is 6. The van der Waals surface area contributed by atoms with Crippen molar-refractivity contribution < 1.29 is 19.5 Å². The summed E-state index contributed by atoms with van der Waals surface area (Å²) in [5.74, 6) is -0.848. The van der Waals surface area contributed by atoms with E-state index in [4.69, 9.17) is 23.2 Å². The molecule has 4 N–H and O–H groups in total. The van der Waals surface area contributed by atoms with Gasteiger partial charge in [-0.15, -0.1) is 0 Å². The van der Waals surface area contributed by atoms with Crippen LogP contribution in [0.1, 0.15) is 40.7 Å². The molecule has 1 aliphatic heterocycles. The van der Waals surface area contributed by atoms with Gasteiger partial charge < -0.3 is 21.1 Å². The van der Waals surface area contributed by atoms with E-state index < -0.39 is 17.9 Å². The molecule has 10 heteroatoms. The monoisotopic (exact) mass is 518 g/mol. The lowest BCUT2D eigenvalue weighted by Gasteiger charge is -2.16.